The fourth-order valence-electron chi connectivity index (χ4n) is 2.27. The van der Waals surface area contributed by atoms with Gasteiger partial charge in [-0.05, 0) is 36.7 Å². The summed E-state index contributed by atoms with van der Waals surface area (Å²) in [5.74, 6) is 0.00579. The lowest BCUT2D eigenvalue weighted by Gasteiger charge is -2.18. The second-order valence-corrected chi connectivity index (χ2v) is 4.98. The summed E-state index contributed by atoms with van der Waals surface area (Å²) in [6, 6.07) is 14.7. The average molecular weight is 278 g/mol. The van der Waals surface area contributed by atoms with E-state index in [2.05, 4.69) is 5.32 Å². The van der Waals surface area contributed by atoms with E-state index in [1.807, 2.05) is 43.4 Å². The van der Waals surface area contributed by atoms with Gasteiger partial charge in [0, 0.05) is 17.5 Å². The fraction of sp³-hybridized carbons (Fsp3) is 0.250. The van der Waals surface area contributed by atoms with Crippen LogP contribution in [0, 0.1) is 5.82 Å². The maximum atomic E-state index is 13.8. The fourth-order valence-corrected chi connectivity index (χ4v) is 2.56. The molecule has 1 atom stereocenters. The van der Waals surface area contributed by atoms with Crippen LogP contribution in [0.15, 0.2) is 48.5 Å². The molecule has 0 aliphatic heterocycles. The van der Waals surface area contributed by atoms with Crippen LogP contribution in [-0.4, -0.2) is 13.6 Å². The summed E-state index contributed by atoms with van der Waals surface area (Å²) in [6.07, 6.45) is 0.636. The third-order valence-corrected chi connectivity index (χ3v) is 3.56. The Labute approximate surface area is 118 Å². The smallest absolute Gasteiger partial charge is 0.126 e. The predicted octanol–water partition coefficient (Wildman–Crippen LogP) is 4.02. The molecule has 2 rings (SSSR count). The lowest BCUT2D eigenvalue weighted by Crippen LogP contribution is -2.19. The van der Waals surface area contributed by atoms with Crippen LogP contribution < -0.4 is 5.32 Å². The summed E-state index contributed by atoms with van der Waals surface area (Å²) in [5, 5.41) is 3.89. The zero-order valence-electron chi connectivity index (χ0n) is 10.9. The van der Waals surface area contributed by atoms with E-state index in [0.29, 0.717) is 6.42 Å². The first-order valence-electron chi connectivity index (χ1n) is 6.34. The molecule has 1 N–H and O–H groups in total. The number of nitrogens with one attached hydrogen (secondary N) is 1. The molecule has 19 heavy (non-hydrogen) atoms. The number of hydrogen-bond donors (Lipinski definition) is 1. The molecule has 0 aromatic heterocycles. The molecule has 0 aliphatic carbocycles. The molecule has 0 spiro atoms. The molecule has 0 fully saturated rings. The second kappa shape index (κ2) is 6.69. The van der Waals surface area contributed by atoms with Crippen LogP contribution >= 0.6 is 11.6 Å². The van der Waals surface area contributed by atoms with Gasteiger partial charge in [0.1, 0.15) is 5.82 Å². The van der Waals surface area contributed by atoms with Crippen LogP contribution in [0.3, 0.4) is 0 Å². The van der Waals surface area contributed by atoms with E-state index in [9.17, 15) is 4.39 Å². The van der Waals surface area contributed by atoms with Gasteiger partial charge in [-0.1, -0.05) is 48.0 Å². The molecule has 2 aromatic rings. The topological polar surface area (TPSA) is 12.0 Å². The minimum atomic E-state index is -0.157. The number of hydrogen-bond acceptors (Lipinski definition) is 1. The monoisotopic (exact) mass is 277 g/mol. The normalized spacial score (nSPS) is 12.4. The molecule has 100 valence electrons. The zero-order valence-corrected chi connectivity index (χ0v) is 11.6. The molecule has 1 nitrogen and oxygen atoms in total. The maximum absolute atomic E-state index is 13.8. The van der Waals surface area contributed by atoms with Gasteiger partial charge in [-0.25, -0.2) is 4.39 Å². The van der Waals surface area contributed by atoms with Gasteiger partial charge in [-0.3, -0.25) is 0 Å². The van der Waals surface area contributed by atoms with Crippen molar-refractivity contribution in [2.45, 2.75) is 12.3 Å². The van der Waals surface area contributed by atoms with E-state index < -0.39 is 0 Å². The summed E-state index contributed by atoms with van der Waals surface area (Å²) in [5.41, 5.74) is 1.78. The average Bonchev–Trinajstić information content (AvgIpc) is 2.41. The van der Waals surface area contributed by atoms with Crippen molar-refractivity contribution in [3.8, 4) is 0 Å². The molecule has 2 aromatic carbocycles. The standard InChI is InChI=1S/C16H17ClFN/c1-19-11-13(14-7-3-4-8-15(14)17)10-12-6-2-5-9-16(12)18/h2-9,13,19H,10-11H2,1H3. The summed E-state index contributed by atoms with van der Waals surface area (Å²) in [7, 11) is 1.89. The van der Waals surface area contributed by atoms with Gasteiger partial charge in [0.25, 0.3) is 0 Å². The van der Waals surface area contributed by atoms with Gasteiger partial charge in [0.05, 0.1) is 0 Å². The van der Waals surface area contributed by atoms with Crippen molar-refractivity contribution in [1.29, 1.82) is 0 Å². The number of benzene rings is 2. The molecule has 0 saturated carbocycles. The van der Waals surface area contributed by atoms with Crippen LogP contribution in [0.1, 0.15) is 17.0 Å². The molecule has 0 bridgehead atoms. The Morgan fingerprint density at radius 3 is 2.47 bits per heavy atom. The number of likely N-dealkylation sites (N-methyl/N-ethyl adjacent to an activating group) is 1. The van der Waals surface area contributed by atoms with Gasteiger partial charge < -0.3 is 5.32 Å². The van der Waals surface area contributed by atoms with Crippen LogP contribution in [0.4, 0.5) is 4.39 Å². The summed E-state index contributed by atoms with van der Waals surface area (Å²) in [4.78, 5) is 0. The first-order chi connectivity index (χ1) is 9.22. The van der Waals surface area contributed by atoms with Crippen LogP contribution in [0.25, 0.3) is 0 Å². The van der Waals surface area contributed by atoms with Gasteiger partial charge in [0.15, 0.2) is 0 Å². The SMILES string of the molecule is CNCC(Cc1ccccc1F)c1ccccc1Cl. The largest absolute Gasteiger partial charge is 0.319 e. The highest BCUT2D eigenvalue weighted by atomic mass is 35.5. The third-order valence-electron chi connectivity index (χ3n) is 3.22. The molecule has 3 heteroatoms. The third kappa shape index (κ3) is 3.55. The van der Waals surface area contributed by atoms with E-state index in [4.69, 9.17) is 11.6 Å². The number of halogens is 2. The van der Waals surface area contributed by atoms with Crippen molar-refractivity contribution in [2.75, 3.05) is 13.6 Å². The van der Waals surface area contributed by atoms with E-state index in [1.54, 1.807) is 6.07 Å². The Hall–Kier alpha value is -1.38. The summed E-state index contributed by atoms with van der Waals surface area (Å²) < 4.78 is 13.8. The van der Waals surface area contributed by atoms with Crippen molar-refractivity contribution in [3.05, 3.63) is 70.5 Å². The van der Waals surface area contributed by atoms with Crippen molar-refractivity contribution < 1.29 is 4.39 Å². The molecule has 0 aliphatic rings. The van der Waals surface area contributed by atoms with Crippen molar-refractivity contribution >= 4 is 11.6 Å². The lowest BCUT2D eigenvalue weighted by atomic mass is 9.91. The molecule has 0 saturated heterocycles. The van der Waals surface area contributed by atoms with Crippen LogP contribution in [0.2, 0.25) is 5.02 Å². The Morgan fingerprint density at radius 2 is 1.79 bits per heavy atom. The number of rotatable bonds is 5. The van der Waals surface area contributed by atoms with E-state index in [1.165, 1.54) is 6.07 Å². The van der Waals surface area contributed by atoms with Gasteiger partial charge in [-0.2, -0.15) is 0 Å². The second-order valence-electron chi connectivity index (χ2n) is 4.57. The Balaban J connectivity index is 2.27. The van der Waals surface area contributed by atoms with Crippen molar-refractivity contribution in [3.63, 3.8) is 0 Å². The van der Waals surface area contributed by atoms with Crippen molar-refractivity contribution in [1.82, 2.24) is 5.32 Å². The Kier molecular flexibility index (Phi) is 4.94. The Bertz CT molecular complexity index is 542. The van der Waals surface area contributed by atoms with Crippen molar-refractivity contribution in [2.24, 2.45) is 0 Å². The lowest BCUT2D eigenvalue weighted by molar-refractivity contribution is 0.574. The quantitative estimate of drug-likeness (QED) is 0.870. The highest BCUT2D eigenvalue weighted by Gasteiger charge is 2.16. The first-order valence-corrected chi connectivity index (χ1v) is 6.72. The van der Waals surface area contributed by atoms with Gasteiger partial charge in [-0.15, -0.1) is 0 Å². The van der Waals surface area contributed by atoms with Crippen LogP contribution in [0.5, 0.6) is 0 Å². The molecular weight excluding hydrogens is 261 g/mol. The Morgan fingerprint density at radius 1 is 1.11 bits per heavy atom. The predicted molar refractivity (Wildman–Crippen MR) is 78.2 cm³/mol. The van der Waals surface area contributed by atoms with Gasteiger partial charge in [0.2, 0.25) is 0 Å². The van der Waals surface area contributed by atoms with Crippen LogP contribution in [-0.2, 0) is 6.42 Å². The molecule has 0 radical (unpaired) electrons. The van der Waals surface area contributed by atoms with E-state index in [0.717, 1.165) is 22.7 Å². The van der Waals surface area contributed by atoms with E-state index in [-0.39, 0.29) is 11.7 Å². The summed E-state index contributed by atoms with van der Waals surface area (Å²) >= 11 is 6.24. The summed E-state index contributed by atoms with van der Waals surface area (Å²) in [6.45, 7) is 0.762. The molecule has 0 heterocycles. The zero-order chi connectivity index (χ0) is 13.7. The maximum Gasteiger partial charge on any atom is 0.126 e. The first kappa shape index (κ1) is 14.0. The molecule has 0 amide bonds. The molecular formula is C16H17ClFN. The highest BCUT2D eigenvalue weighted by Crippen LogP contribution is 2.27. The molecule has 1 unspecified atom stereocenters. The highest BCUT2D eigenvalue weighted by molar-refractivity contribution is 6.31. The van der Waals surface area contributed by atoms with Gasteiger partial charge >= 0.3 is 0 Å². The van der Waals surface area contributed by atoms with E-state index >= 15 is 0 Å². The minimum absolute atomic E-state index is 0.157. The minimum Gasteiger partial charge on any atom is -0.319 e.